The SMILES string of the molecule is CCCCCCCc1cnc(-c2c(CC)cccc2CC)nc1N(C)C. The topological polar surface area (TPSA) is 29.0 Å². The third-order valence-corrected chi connectivity index (χ3v) is 5.04. The molecule has 0 amide bonds. The van der Waals surface area contributed by atoms with Gasteiger partial charge in [0.25, 0.3) is 0 Å². The van der Waals surface area contributed by atoms with E-state index in [1.807, 2.05) is 0 Å². The van der Waals surface area contributed by atoms with Crippen molar-refractivity contribution in [3.05, 3.63) is 41.1 Å². The first-order valence-electron chi connectivity index (χ1n) is 10.3. The Hall–Kier alpha value is -1.90. The van der Waals surface area contributed by atoms with Crippen molar-refractivity contribution in [1.82, 2.24) is 9.97 Å². The van der Waals surface area contributed by atoms with Crippen LogP contribution in [0, 0.1) is 0 Å². The molecule has 1 aromatic carbocycles. The largest absolute Gasteiger partial charge is 0.362 e. The maximum atomic E-state index is 4.99. The highest BCUT2D eigenvalue weighted by Crippen LogP contribution is 2.29. The van der Waals surface area contributed by atoms with E-state index in [-0.39, 0.29) is 0 Å². The normalized spacial score (nSPS) is 11.0. The van der Waals surface area contributed by atoms with Crippen LogP contribution in [0.1, 0.15) is 69.6 Å². The van der Waals surface area contributed by atoms with Crippen LogP contribution in [0.25, 0.3) is 11.4 Å². The first-order valence-corrected chi connectivity index (χ1v) is 10.3. The second kappa shape index (κ2) is 10.3. The number of benzene rings is 1. The van der Waals surface area contributed by atoms with Crippen LogP contribution in [-0.2, 0) is 19.3 Å². The molecule has 0 N–H and O–H groups in total. The van der Waals surface area contributed by atoms with E-state index < -0.39 is 0 Å². The van der Waals surface area contributed by atoms with Gasteiger partial charge in [0.2, 0.25) is 0 Å². The van der Waals surface area contributed by atoms with Gasteiger partial charge in [-0.15, -0.1) is 0 Å². The van der Waals surface area contributed by atoms with Crippen LogP contribution in [0.15, 0.2) is 24.4 Å². The summed E-state index contributed by atoms with van der Waals surface area (Å²) in [6, 6.07) is 6.56. The van der Waals surface area contributed by atoms with Gasteiger partial charge in [0.1, 0.15) is 5.82 Å². The van der Waals surface area contributed by atoms with Crippen molar-refractivity contribution in [3.8, 4) is 11.4 Å². The summed E-state index contributed by atoms with van der Waals surface area (Å²) in [5.74, 6) is 1.94. The van der Waals surface area contributed by atoms with Crippen molar-refractivity contribution in [3.63, 3.8) is 0 Å². The molecule has 0 atom stereocenters. The number of nitrogens with zero attached hydrogens (tertiary/aromatic N) is 3. The van der Waals surface area contributed by atoms with Crippen molar-refractivity contribution in [1.29, 1.82) is 0 Å². The number of anilines is 1. The summed E-state index contributed by atoms with van der Waals surface area (Å²) in [7, 11) is 4.16. The highest BCUT2D eigenvalue weighted by molar-refractivity contribution is 5.67. The standard InChI is InChI=1S/C23H35N3/c1-6-9-10-11-12-14-20-17-24-22(25-23(20)26(4)5)21-18(7-2)15-13-16-19(21)8-3/h13,15-17H,6-12,14H2,1-5H3. The Morgan fingerprint density at radius 1 is 0.846 bits per heavy atom. The maximum Gasteiger partial charge on any atom is 0.162 e. The molecule has 0 bridgehead atoms. The molecule has 2 rings (SSSR count). The smallest absolute Gasteiger partial charge is 0.162 e. The zero-order chi connectivity index (χ0) is 18.9. The number of aryl methyl sites for hydroxylation is 3. The Morgan fingerprint density at radius 2 is 1.50 bits per heavy atom. The van der Waals surface area contributed by atoms with Crippen LogP contribution in [0.3, 0.4) is 0 Å². The number of unbranched alkanes of at least 4 members (excludes halogenated alkanes) is 4. The maximum absolute atomic E-state index is 4.99. The molecular formula is C23H35N3. The molecule has 26 heavy (non-hydrogen) atoms. The molecule has 0 spiro atoms. The van der Waals surface area contributed by atoms with Gasteiger partial charge < -0.3 is 4.90 Å². The average molecular weight is 354 g/mol. The van der Waals surface area contributed by atoms with Crippen LogP contribution >= 0.6 is 0 Å². The first kappa shape index (κ1) is 20.4. The van der Waals surface area contributed by atoms with Crippen molar-refractivity contribution in [2.75, 3.05) is 19.0 Å². The van der Waals surface area contributed by atoms with Crippen molar-refractivity contribution >= 4 is 5.82 Å². The molecular weight excluding hydrogens is 318 g/mol. The van der Waals surface area contributed by atoms with E-state index in [9.17, 15) is 0 Å². The zero-order valence-electron chi connectivity index (χ0n) is 17.3. The fourth-order valence-corrected chi connectivity index (χ4v) is 3.53. The molecule has 0 saturated heterocycles. The Morgan fingerprint density at radius 3 is 2.08 bits per heavy atom. The van der Waals surface area contributed by atoms with Gasteiger partial charge in [0.15, 0.2) is 5.82 Å². The van der Waals surface area contributed by atoms with Crippen molar-refractivity contribution in [2.24, 2.45) is 0 Å². The molecule has 1 heterocycles. The fraction of sp³-hybridized carbons (Fsp3) is 0.565. The van der Waals surface area contributed by atoms with Crippen LogP contribution < -0.4 is 4.90 Å². The molecule has 2 aromatic rings. The lowest BCUT2D eigenvalue weighted by molar-refractivity contribution is 0.631. The van der Waals surface area contributed by atoms with Gasteiger partial charge in [-0.25, -0.2) is 9.97 Å². The van der Waals surface area contributed by atoms with Crippen LogP contribution in [0.5, 0.6) is 0 Å². The molecule has 3 nitrogen and oxygen atoms in total. The van der Waals surface area contributed by atoms with Crippen LogP contribution in [0.2, 0.25) is 0 Å². The molecule has 0 radical (unpaired) electrons. The summed E-state index contributed by atoms with van der Waals surface area (Å²) in [6.07, 6.45) is 11.6. The summed E-state index contributed by atoms with van der Waals surface area (Å²) in [5.41, 5.74) is 5.17. The molecule has 0 aliphatic carbocycles. The first-order chi connectivity index (χ1) is 12.6. The van der Waals surface area contributed by atoms with Crippen molar-refractivity contribution < 1.29 is 0 Å². The monoisotopic (exact) mass is 353 g/mol. The van der Waals surface area contributed by atoms with Gasteiger partial charge in [-0.1, -0.05) is 64.7 Å². The number of aromatic nitrogens is 2. The van der Waals surface area contributed by atoms with Gasteiger partial charge in [-0.05, 0) is 36.8 Å². The predicted molar refractivity (Wildman–Crippen MR) is 113 cm³/mol. The van der Waals surface area contributed by atoms with Gasteiger partial charge in [-0.2, -0.15) is 0 Å². The molecule has 0 saturated carbocycles. The molecule has 0 unspecified atom stereocenters. The lowest BCUT2D eigenvalue weighted by atomic mass is 9.96. The van der Waals surface area contributed by atoms with Gasteiger partial charge in [-0.3, -0.25) is 0 Å². The predicted octanol–water partition coefficient (Wildman–Crippen LogP) is 5.85. The van der Waals surface area contributed by atoms with Crippen LogP contribution in [-0.4, -0.2) is 24.1 Å². The van der Waals surface area contributed by atoms with E-state index in [0.29, 0.717) is 0 Å². The number of hydrogen-bond acceptors (Lipinski definition) is 3. The second-order valence-corrected chi connectivity index (χ2v) is 7.26. The zero-order valence-corrected chi connectivity index (χ0v) is 17.3. The average Bonchev–Trinajstić information content (AvgIpc) is 2.67. The third-order valence-electron chi connectivity index (χ3n) is 5.04. The van der Waals surface area contributed by atoms with Gasteiger partial charge >= 0.3 is 0 Å². The highest BCUT2D eigenvalue weighted by Gasteiger charge is 2.15. The molecule has 0 fully saturated rings. The Labute approximate surface area is 159 Å². The van der Waals surface area contributed by atoms with E-state index in [4.69, 9.17) is 9.97 Å². The number of hydrogen-bond donors (Lipinski definition) is 0. The molecule has 1 aromatic heterocycles. The van der Waals surface area contributed by atoms with Gasteiger partial charge in [0.05, 0.1) is 0 Å². The molecule has 142 valence electrons. The van der Waals surface area contributed by atoms with E-state index in [1.165, 1.54) is 54.4 Å². The summed E-state index contributed by atoms with van der Waals surface area (Å²) in [5, 5.41) is 0. The minimum absolute atomic E-state index is 0.873. The lowest BCUT2D eigenvalue weighted by Gasteiger charge is -2.19. The Bertz CT molecular complexity index is 670. The molecule has 0 aliphatic rings. The van der Waals surface area contributed by atoms with E-state index in [2.05, 4.69) is 64.2 Å². The minimum atomic E-state index is 0.873. The highest BCUT2D eigenvalue weighted by atomic mass is 15.2. The summed E-state index contributed by atoms with van der Waals surface area (Å²) < 4.78 is 0. The van der Waals surface area contributed by atoms with Crippen LogP contribution in [0.4, 0.5) is 5.82 Å². The summed E-state index contributed by atoms with van der Waals surface area (Å²) in [4.78, 5) is 11.9. The summed E-state index contributed by atoms with van der Waals surface area (Å²) in [6.45, 7) is 6.67. The van der Waals surface area contributed by atoms with E-state index >= 15 is 0 Å². The third kappa shape index (κ3) is 5.06. The molecule has 3 heteroatoms. The quantitative estimate of drug-likeness (QED) is 0.502. The van der Waals surface area contributed by atoms with E-state index in [1.54, 1.807) is 0 Å². The van der Waals surface area contributed by atoms with Crippen molar-refractivity contribution in [2.45, 2.75) is 72.1 Å². The minimum Gasteiger partial charge on any atom is -0.362 e. The fourth-order valence-electron chi connectivity index (χ4n) is 3.53. The van der Waals surface area contributed by atoms with E-state index in [0.717, 1.165) is 30.9 Å². The lowest BCUT2D eigenvalue weighted by Crippen LogP contribution is -2.15. The Kier molecular flexibility index (Phi) is 8.08. The second-order valence-electron chi connectivity index (χ2n) is 7.26. The number of rotatable bonds is 10. The molecule has 0 aliphatic heterocycles. The summed E-state index contributed by atoms with van der Waals surface area (Å²) >= 11 is 0. The Balaban J connectivity index is 2.31. The van der Waals surface area contributed by atoms with Gasteiger partial charge in [0, 0.05) is 31.4 Å².